The van der Waals surface area contributed by atoms with Crippen molar-refractivity contribution in [3.8, 4) is 0 Å². The van der Waals surface area contributed by atoms with Crippen LogP contribution in [0.15, 0.2) is 17.4 Å². The normalized spacial score (nSPS) is 15.9. The number of nitrogens with zero attached hydrogens (tertiary/aromatic N) is 4. The van der Waals surface area contributed by atoms with Gasteiger partial charge in [-0.05, 0) is 13.0 Å². The van der Waals surface area contributed by atoms with Crippen LogP contribution in [-0.2, 0) is 15.8 Å². The molecule has 1 aromatic rings. The Bertz CT molecular complexity index is 656. The van der Waals surface area contributed by atoms with E-state index < -0.39 is 17.8 Å². The first-order valence-electron chi connectivity index (χ1n) is 7.53. The first-order valence-corrected chi connectivity index (χ1v) is 7.53. The van der Waals surface area contributed by atoms with Crippen molar-refractivity contribution in [3.05, 3.63) is 23.5 Å². The first kappa shape index (κ1) is 19.0. The quantitative estimate of drug-likeness (QED) is 0.470. The number of amides is 1. The predicted molar refractivity (Wildman–Crippen MR) is 84.7 cm³/mol. The minimum absolute atomic E-state index is 0.199. The molecular weight excluding hydrogens is 341 g/mol. The molecule has 0 bridgehead atoms. The van der Waals surface area contributed by atoms with E-state index >= 15 is 0 Å². The van der Waals surface area contributed by atoms with Crippen LogP contribution >= 0.6 is 0 Å². The van der Waals surface area contributed by atoms with Crippen LogP contribution in [0.2, 0.25) is 0 Å². The molecule has 0 spiro atoms. The smallest absolute Gasteiger partial charge is 0.378 e. The molecule has 1 aromatic heterocycles. The highest BCUT2D eigenvalue weighted by molar-refractivity contribution is 6.01. The summed E-state index contributed by atoms with van der Waals surface area (Å²) in [5.74, 6) is 0. The molecule has 0 aromatic carbocycles. The third kappa shape index (κ3) is 4.81. The summed E-state index contributed by atoms with van der Waals surface area (Å²) in [7, 11) is 2.98. The number of ether oxygens (including phenoxy) is 1. The van der Waals surface area contributed by atoms with Crippen molar-refractivity contribution >= 4 is 17.5 Å². The van der Waals surface area contributed by atoms with Crippen LogP contribution in [-0.4, -0.2) is 62.1 Å². The summed E-state index contributed by atoms with van der Waals surface area (Å²) in [4.78, 5) is 23.0. The van der Waals surface area contributed by atoms with Gasteiger partial charge in [-0.25, -0.2) is 4.79 Å². The highest BCUT2D eigenvalue weighted by atomic mass is 19.4. The van der Waals surface area contributed by atoms with E-state index in [1.807, 2.05) is 0 Å². The predicted octanol–water partition coefficient (Wildman–Crippen LogP) is 2.36. The van der Waals surface area contributed by atoms with Gasteiger partial charge < -0.3 is 14.5 Å². The van der Waals surface area contributed by atoms with Crippen LogP contribution in [0.25, 0.3) is 0 Å². The van der Waals surface area contributed by atoms with Crippen LogP contribution in [0.4, 0.5) is 23.7 Å². The average Bonchev–Trinajstić information content (AvgIpc) is 2.58. The number of rotatable bonds is 3. The molecule has 0 saturated carbocycles. The van der Waals surface area contributed by atoms with Gasteiger partial charge in [-0.1, -0.05) is 5.16 Å². The van der Waals surface area contributed by atoms with Crippen molar-refractivity contribution in [3.63, 3.8) is 0 Å². The number of carbonyl (C=O) groups excluding carboxylic acids is 1. The van der Waals surface area contributed by atoms with Crippen LogP contribution < -0.4 is 4.90 Å². The standard InChI is InChI=1S/C15H19F3N4O3/c1-10(20-25-14(23)21(2)3)13-12(22-4-6-24-7-5-22)8-11(9-19-13)15(16,17)18/h8-9H,4-7H2,1-3H3. The van der Waals surface area contributed by atoms with Gasteiger partial charge in [-0.3, -0.25) is 9.82 Å². The molecule has 2 rings (SSSR count). The van der Waals surface area contributed by atoms with E-state index in [-0.39, 0.29) is 17.1 Å². The van der Waals surface area contributed by atoms with Crippen molar-refractivity contribution in [2.45, 2.75) is 13.1 Å². The lowest BCUT2D eigenvalue weighted by Gasteiger charge is -2.30. The van der Waals surface area contributed by atoms with Gasteiger partial charge in [0.25, 0.3) is 0 Å². The van der Waals surface area contributed by atoms with Gasteiger partial charge in [0.15, 0.2) is 0 Å². The van der Waals surface area contributed by atoms with E-state index in [2.05, 4.69) is 10.1 Å². The minimum Gasteiger partial charge on any atom is -0.378 e. The van der Waals surface area contributed by atoms with Crippen molar-refractivity contribution in [1.29, 1.82) is 0 Å². The fraction of sp³-hybridized carbons (Fsp3) is 0.533. The lowest BCUT2D eigenvalue weighted by molar-refractivity contribution is -0.137. The zero-order valence-corrected chi connectivity index (χ0v) is 14.1. The Morgan fingerprint density at radius 2 is 2.00 bits per heavy atom. The molecule has 0 atom stereocenters. The maximum Gasteiger partial charge on any atom is 0.435 e. The van der Waals surface area contributed by atoms with Gasteiger partial charge in [-0.15, -0.1) is 0 Å². The highest BCUT2D eigenvalue weighted by Gasteiger charge is 2.33. The van der Waals surface area contributed by atoms with E-state index in [0.29, 0.717) is 26.3 Å². The highest BCUT2D eigenvalue weighted by Crippen LogP contribution is 2.33. The number of hydrogen-bond donors (Lipinski definition) is 0. The number of aromatic nitrogens is 1. The molecule has 0 radical (unpaired) electrons. The Balaban J connectivity index is 2.38. The van der Waals surface area contributed by atoms with Crippen molar-refractivity contribution in [2.75, 3.05) is 45.3 Å². The number of anilines is 1. The molecule has 7 nitrogen and oxygen atoms in total. The van der Waals surface area contributed by atoms with Crippen molar-refractivity contribution in [2.24, 2.45) is 5.16 Å². The Labute approximate surface area is 143 Å². The summed E-state index contributed by atoms with van der Waals surface area (Å²) >= 11 is 0. The summed E-state index contributed by atoms with van der Waals surface area (Å²) in [6.45, 7) is 3.19. The number of morpholine rings is 1. The van der Waals surface area contributed by atoms with Crippen LogP contribution in [0.1, 0.15) is 18.2 Å². The lowest BCUT2D eigenvalue weighted by Crippen LogP contribution is -2.37. The van der Waals surface area contributed by atoms with Gasteiger partial charge >= 0.3 is 12.3 Å². The van der Waals surface area contributed by atoms with E-state index in [9.17, 15) is 18.0 Å². The number of carbonyl (C=O) groups is 1. The third-order valence-corrected chi connectivity index (χ3v) is 3.52. The molecule has 1 amide bonds. The second kappa shape index (κ2) is 7.68. The number of pyridine rings is 1. The van der Waals surface area contributed by atoms with Crippen LogP contribution in [0.3, 0.4) is 0 Å². The van der Waals surface area contributed by atoms with Crippen molar-refractivity contribution < 1.29 is 27.5 Å². The second-order valence-corrected chi connectivity index (χ2v) is 5.62. The van der Waals surface area contributed by atoms with Crippen LogP contribution in [0.5, 0.6) is 0 Å². The molecule has 1 fully saturated rings. The summed E-state index contributed by atoms with van der Waals surface area (Å²) in [6, 6.07) is 1.03. The van der Waals surface area contributed by atoms with E-state index in [4.69, 9.17) is 9.57 Å². The SMILES string of the molecule is CC(=NOC(=O)N(C)C)c1ncc(C(F)(F)F)cc1N1CCOCC1. The number of alkyl halides is 3. The Morgan fingerprint density at radius 1 is 1.36 bits per heavy atom. The Morgan fingerprint density at radius 3 is 2.56 bits per heavy atom. The van der Waals surface area contributed by atoms with Gasteiger partial charge in [0.2, 0.25) is 0 Å². The van der Waals surface area contributed by atoms with E-state index in [0.717, 1.165) is 12.3 Å². The van der Waals surface area contributed by atoms with E-state index in [1.54, 1.807) is 4.90 Å². The molecule has 1 aliphatic rings. The zero-order chi connectivity index (χ0) is 18.6. The number of oxime groups is 1. The molecule has 0 aliphatic carbocycles. The minimum atomic E-state index is -4.50. The summed E-state index contributed by atoms with van der Waals surface area (Å²) in [5, 5.41) is 3.69. The maximum atomic E-state index is 13.0. The van der Waals surface area contributed by atoms with Crippen LogP contribution in [0, 0.1) is 0 Å². The topological polar surface area (TPSA) is 67.3 Å². The largest absolute Gasteiger partial charge is 0.435 e. The lowest BCUT2D eigenvalue weighted by atomic mass is 10.1. The molecule has 0 unspecified atom stereocenters. The summed E-state index contributed by atoms with van der Waals surface area (Å²) in [5.41, 5.74) is -0.150. The Kier molecular flexibility index (Phi) is 5.83. The zero-order valence-electron chi connectivity index (χ0n) is 14.1. The molecule has 1 aliphatic heterocycles. The average molecular weight is 360 g/mol. The Hall–Kier alpha value is -2.36. The molecule has 10 heteroatoms. The summed E-state index contributed by atoms with van der Waals surface area (Å²) < 4.78 is 44.3. The molecule has 25 heavy (non-hydrogen) atoms. The van der Waals surface area contributed by atoms with Crippen molar-refractivity contribution in [1.82, 2.24) is 9.88 Å². The molecule has 2 heterocycles. The van der Waals surface area contributed by atoms with Gasteiger partial charge in [-0.2, -0.15) is 13.2 Å². The molecule has 138 valence electrons. The fourth-order valence-electron chi connectivity index (χ4n) is 2.16. The third-order valence-electron chi connectivity index (χ3n) is 3.52. The molecule has 1 saturated heterocycles. The maximum absolute atomic E-state index is 13.0. The van der Waals surface area contributed by atoms with Gasteiger partial charge in [0.1, 0.15) is 11.4 Å². The first-order chi connectivity index (χ1) is 11.7. The van der Waals surface area contributed by atoms with E-state index in [1.165, 1.54) is 25.9 Å². The second-order valence-electron chi connectivity index (χ2n) is 5.62. The van der Waals surface area contributed by atoms with Gasteiger partial charge in [0.05, 0.1) is 24.5 Å². The number of halogens is 3. The van der Waals surface area contributed by atoms with Gasteiger partial charge in [0, 0.05) is 33.4 Å². The summed E-state index contributed by atoms with van der Waals surface area (Å²) in [6.07, 6.45) is -4.46. The fourth-order valence-corrected chi connectivity index (χ4v) is 2.16. The molecular formula is C15H19F3N4O3. The monoisotopic (exact) mass is 360 g/mol. The number of hydrogen-bond acceptors (Lipinski definition) is 6. The molecule has 0 N–H and O–H groups in total.